The topological polar surface area (TPSA) is 92.8 Å². The van der Waals surface area contributed by atoms with Crippen molar-refractivity contribution in [2.24, 2.45) is 12.8 Å². The number of aromatic nitrogens is 4. The molecule has 0 aliphatic carbocycles. The third kappa shape index (κ3) is 2.78. The van der Waals surface area contributed by atoms with Crippen LogP contribution in [-0.2, 0) is 7.05 Å². The summed E-state index contributed by atoms with van der Waals surface area (Å²) < 4.78 is 2.62. The first-order valence-corrected chi connectivity index (χ1v) is 11.8. The van der Waals surface area contributed by atoms with Crippen LogP contribution in [0.4, 0.5) is 5.95 Å². The van der Waals surface area contributed by atoms with Gasteiger partial charge in [0.15, 0.2) is 0 Å². The van der Waals surface area contributed by atoms with Gasteiger partial charge in [0.05, 0.1) is 25.6 Å². The van der Waals surface area contributed by atoms with Gasteiger partial charge in [0.1, 0.15) is 5.65 Å². The highest BCUT2D eigenvalue weighted by atomic mass is 35.5. The standard InChI is InChI=1S/C22H23ClN6OS/c1-10-26-16-6-5-14(18(23)19(16)31-10)15-9-25-20-17(15)21(30)28(2)22(27-20)29-12-3-4-13(29)8-11(24)7-12/h5-6,9,11-13,25H,3-4,7-8,24H2,1-2H3. The van der Waals surface area contributed by atoms with Crippen LogP contribution in [-0.4, -0.2) is 37.6 Å². The highest BCUT2D eigenvalue weighted by molar-refractivity contribution is 7.19. The van der Waals surface area contributed by atoms with Crippen molar-refractivity contribution in [3.8, 4) is 11.1 Å². The van der Waals surface area contributed by atoms with Crippen molar-refractivity contribution in [1.29, 1.82) is 0 Å². The maximum Gasteiger partial charge on any atom is 0.264 e. The molecule has 2 saturated heterocycles. The van der Waals surface area contributed by atoms with Crippen LogP contribution in [0.2, 0.25) is 5.02 Å². The minimum Gasteiger partial charge on any atom is -0.345 e. The number of rotatable bonds is 2. The lowest BCUT2D eigenvalue weighted by molar-refractivity contribution is 0.405. The quantitative estimate of drug-likeness (QED) is 0.478. The number of benzene rings is 1. The van der Waals surface area contributed by atoms with Crippen molar-refractivity contribution in [2.45, 2.75) is 50.7 Å². The summed E-state index contributed by atoms with van der Waals surface area (Å²) in [5.41, 5.74) is 9.24. The van der Waals surface area contributed by atoms with E-state index in [1.807, 2.05) is 32.3 Å². The van der Waals surface area contributed by atoms with Crippen molar-refractivity contribution >= 4 is 50.1 Å². The molecule has 9 heteroatoms. The van der Waals surface area contributed by atoms with Gasteiger partial charge in [-0.15, -0.1) is 11.3 Å². The summed E-state index contributed by atoms with van der Waals surface area (Å²) in [4.78, 5) is 28.5. The summed E-state index contributed by atoms with van der Waals surface area (Å²) >= 11 is 8.32. The van der Waals surface area contributed by atoms with Gasteiger partial charge >= 0.3 is 0 Å². The molecule has 1 aromatic carbocycles. The van der Waals surface area contributed by atoms with Crippen LogP contribution in [0, 0.1) is 6.92 Å². The Labute approximate surface area is 187 Å². The second kappa shape index (κ2) is 6.79. The number of hydrogen-bond acceptors (Lipinski definition) is 6. The Morgan fingerprint density at radius 1 is 1.19 bits per heavy atom. The lowest BCUT2D eigenvalue weighted by atomic mass is 9.98. The van der Waals surface area contributed by atoms with Crippen LogP contribution in [0.1, 0.15) is 30.7 Å². The van der Waals surface area contributed by atoms with Crippen LogP contribution < -0.4 is 16.2 Å². The molecule has 4 aromatic rings. The van der Waals surface area contributed by atoms with E-state index >= 15 is 0 Å². The highest BCUT2D eigenvalue weighted by Gasteiger charge is 2.41. The number of nitrogens with one attached hydrogen (secondary N) is 1. The second-order valence-electron chi connectivity index (χ2n) is 8.73. The van der Waals surface area contributed by atoms with E-state index in [9.17, 15) is 4.79 Å². The van der Waals surface area contributed by atoms with Crippen LogP contribution >= 0.6 is 22.9 Å². The van der Waals surface area contributed by atoms with E-state index in [2.05, 4.69) is 14.9 Å². The third-order valence-corrected chi connectivity index (χ3v) is 8.29. The van der Waals surface area contributed by atoms with E-state index in [1.165, 1.54) is 0 Å². The van der Waals surface area contributed by atoms with Gasteiger partial charge in [-0.05, 0) is 38.7 Å². The van der Waals surface area contributed by atoms with Crippen LogP contribution in [0.25, 0.3) is 32.4 Å². The number of nitrogens with two attached hydrogens (primary N) is 1. The molecule has 0 amide bonds. The monoisotopic (exact) mass is 454 g/mol. The Morgan fingerprint density at radius 3 is 2.68 bits per heavy atom. The molecule has 0 spiro atoms. The second-order valence-corrected chi connectivity index (χ2v) is 10.3. The molecule has 2 unspecified atom stereocenters. The Morgan fingerprint density at radius 2 is 1.94 bits per heavy atom. The predicted octanol–water partition coefficient (Wildman–Crippen LogP) is 3.96. The first-order valence-electron chi connectivity index (χ1n) is 10.6. The van der Waals surface area contributed by atoms with Crippen molar-refractivity contribution in [2.75, 3.05) is 4.90 Å². The average molecular weight is 455 g/mol. The molecule has 160 valence electrons. The number of hydrogen-bond donors (Lipinski definition) is 2. The molecule has 5 heterocycles. The number of fused-ring (bicyclic) bond motifs is 4. The number of aryl methyl sites for hydroxylation is 1. The Hall–Kier alpha value is -2.42. The van der Waals surface area contributed by atoms with Crippen molar-refractivity contribution < 1.29 is 0 Å². The van der Waals surface area contributed by atoms with Crippen molar-refractivity contribution in [3.63, 3.8) is 0 Å². The van der Waals surface area contributed by atoms with E-state index in [-0.39, 0.29) is 11.6 Å². The zero-order valence-corrected chi connectivity index (χ0v) is 18.9. The third-order valence-electron chi connectivity index (χ3n) is 6.78. The summed E-state index contributed by atoms with van der Waals surface area (Å²) in [6.45, 7) is 1.97. The van der Waals surface area contributed by atoms with Gasteiger partial charge < -0.3 is 15.6 Å². The number of aromatic amines is 1. The van der Waals surface area contributed by atoms with Gasteiger partial charge in [0.25, 0.3) is 5.56 Å². The molecule has 2 atom stereocenters. The number of piperidine rings is 1. The summed E-state index contributed by atoms with van der Waals surface area (Å²) in [5.74, 6) is 0.727. The van der Waals surface area contributed by atoms with E-state index in [0.717, 1.165) is 58.0 Å². The predicted molar refractivity (Wildman–Crippen MR) is 126 cm³/mol. The fourth-order valence-electron chi connectivity index (χ4n) is 5.42. The molecule has 2 aliphatic heterocycles. The molecular weight excluding hydrogens is 432 g/mol. The molecule has 3 N–H and O–H groups in total. The molecule has 31 heavy (non-hydrogen) atoms. The lowest BCUT2D eigenvalue weighted by Crippen LogP contribution is -2.49. The molecule has 7 nitrogen and oxygen atoms in total. The number of halogens is 1. The first kappa shape index (κ1) is 19.3. The summed E-state index contributed by atoms with van der Waals surface area (Å²) in [7, 11) is 1.81. The molecule has 0 saturated carbocycles. The van der Waals surface area contributed by atoms with Crippen molar-refractivity contribution in [3.05, 3.63) is 38.7 Å². The zero-order chi connectivity index (χ0) is 21.4. The molecule has 2 bridgehead atoms. The van der Waals surface area contributed by atoms with Crippen LogP contribution in [0.15, 0.2) is 23.1 Å². The maximum atomic E-state index is 13.5. The van der Waals surface area contributed by atoms with E-state index in [4.69, 9.17) is 22.3 Å². The van der Waals surface area contributed by atoms with Gasteiger partial charge in [-0.25, -0.2) is 4.98 Å². The number of thiazole rings is 1. The summed E-state index contributed by atoms with van der Waals surface area (Å²) in [6, 6.07) is 4.83. The average Bonchev–Trinajstić information content (AvgIpc) is 3.39. The summed E-state index contributed by atoms with van der Waals surface area (Å²) in [6.07, 6.45) is 5.94. The molecule has 6 rings (SSSR count). The van der Waals surface area contributed by atoms with Gasteiger partial charge in [-0.3, -0.25) is 9.36 Å². The fourth-order valence-corrected chi connectivity index (χ4v) is 6.65. The first-order chi connectivity index (χ1) is 14.9. The van der Waals surface area contributed by atoms with Crippen LogP contribution in [0.3, 0.4) is 0 Å². The number of H-pyrrole nitrogens is 1. The van der Waals surface area contributed by atoms with E-state index in [1.54, 1.807) is 15.9 Å². The zero-order valence-electron chi connectivity index (χ0n) is 17.4. The van der Waals surface area contributed by atoms with Gasteiger partial charge in [0.2, 0.25) is 5.95 Å². The SMILES string of the molecule is Cc1nc2ccc(-c3c[nH]c4nc(N5C6CCC5CC(N)C6)n(C)c(=O)c34)c(Cl)c2s1. The normalized spacial score (nSPS) is 23.4. The largest absolute Gasteiger partial charge is 0.345 e. The maximum absolute atomic E-state index is 13.5. The molecule has 0 radical (unpaired) electrons. The number of anilines is 1. The van der Waals surface area contributed by atoms with Gasteiger partial charge in [-0.2, -0.15) is 4.98 Å². The Kier molecular flexibility index (Phi) is 4.22. The molecule has 2 aliphatic rings. The lowest BCUT2D eigenvalue weighted by Gasteiger charge is -2.38. The van der Waals surface area contributed by atoms with Gasteiger partial charge in [0, 0.05) is 42.5 Å². The molecular formula is C22H23ClN6OS. The highest BCUT2D eigenvalue weighted by Crippen LogP contribution is 2.41. The smallest absolute Gasteiger partial charge is 0.264 e. The molecule has 3 aromatic heterocycles. The Balaban J connectivity index is 1.52. The van der Waals surface area contributed by atoms with Crippen molar-refractivity contribution in [1.82, 2.24) is 19.5 Å². The summed E-state index contributed by atoms with van der Waals surface area (Å²) in [5, 5.41) is 2.15. The number of nitrogens with zero attached hydrogens (tertiary/aromatic N) is 4. The minimum absolute atomic E-state index is 0.0674. The fraction of sp³-hybridized carbons (Fsp3) is 0.409. The molecule has 2 fully saturated rings. The van der Waals surface area contributed by atoms with Crippen LogP contribution in [0.5, 0.6) is 0 Å². The van der Waals surface area contributed by atoms with E-state index < -0.39 is 0 Å². The Bertz CT molecular complexity index is 1390. The van der Waals surface area contributed by atoms with E-state index in [0.29, 0.717) is 28.1 Å². The van der Waals surface area contributed by atoms with Gasteiger partial charge in [-0.1, -0.05) is 17.7 Å². The minimum atomic E-state index is -0.0674.